The Labute approximate surface area is 154 Å². The first-order valence-electron chi connectivity index (χ1n) is 8.10. The van der Waals surface area contributed by atoms with Gasteiger partial charge in [-0.15, -0.1) is 11.3 Å². The molecule has 26 heavy (non-hydrogen) atoms. The summed E-state index contributed by atoms with van der Waals surface area (Å²) in [5, 5.41) is 23.6. The lowest BCUT2D eigenvalue weighted by Crippen LogP contribution is -2.33. The Balaban J connectivity index is 1.74. The van der Waals surface area contributed by atoms with E-state index in [9.17, 15) is 9.90 Å². The number of nitrogens with two attached hydrogens (primary N) is 1. The van der Waals surface area contributed by atoms with Gasteiger partial charge in [-0.2, -0.15) is 0 Å². The topological polar surface area (TPSA) is 124 Å². The van der Waals surface area contributed by atoms with Gasteiger partial charge in [0.1, 0.15) is 10.7 Å². The van der Waals surface area contributed by atoms with Crippen LogP contribution in [0.2, 0.25) is 0 Å². The number of carbonyl (C=O) groups excluding carboxylic acids is 1. The number of carbonyl (C=O) groups is 1. The number of thiazole rings is 1. The van der Waals surface area contributed by atoms with E-state index in [1.54, 1.807) is 11.4 Å². The van der Waals surface area contributed by atoms with Crippen molar-refractivity contribution in [3.8, 4) is 11.3 Å². The largest absolute Gasteiger partial charge is 0.392 e. The molecule has 0 saturated carbocycles. The smallest absolute Gasteiger partial charge is 0.268 e. The third-order valence-electron chi connectivity index (χ3n) is 3.92. The van der Waals surface area contributed by atoms with Gasteiger partial charge in [-0.3, -0.25) is 4.79 Å². The van der Waals surface area contributed by atoms with E-state index in [0.717, 1.165) is 16.8 Å². The normalized spacial score (nSPS) is 12.1. The van der Waals surface area contributed by atoms with Crippen LogP contribution in [-0.2, 0) is 13.2 Å². The number of aliphatic hydroxyl groups excluding tert-OH is 2. The Morgan fingerprint density at radius 2 is 2.12 bits per heavy atom. The maximum Gasteiger partial charge on any atom is 0.268 e. The summed E-state index contributed by atoms with van der Waals surface area (Å²) in [4.78, 5) is 19.9. The van der Waals surface area contributed by atoms with Crippen LogP contribution in [0.5, 0.6) is 0 Å². The molecule has 0 aliphatic rings. The molecule has 2 aromatic heterocycles. The third kappa shape index (κ3) is 4.00. The third-order valence-corrected chi connectivity index (χ3v) is 4.93. The van der Waals surface area contributed by atoms with Crippen molar-refractivity contribution < 1.29 is 15.0 Å². The van der Waals surface area contributed by atoms with Gasteiger partial charge >= 0.3 is 0 Å². The van der Waals surface area contributed by atoms with E-state index in [1.807, 2.05) is 30.3 Å². The monoisotopic (exact) mass is 372 g/mol. The lowest BCUT2D eigenvalue weighted by atomic mass is 10.1. The number of hydrogen-bond donors (Lipinski definition) is 5. The zero-order chi connectivity index (χ0) is 18.5. The Bertz CT molecular complexity index is 890. The van der Waals surface area contributed by atoms with E-state index in [-0.39, 0.29) is 25.7 Å². The Morgan fingerprint density at radius 1 is 1.27 bits per heavy atom. The molecule has 1 atom stereocenters. The average Bonchev–Trinajstić information content (AvgIpc) is 3.35. The van der Waals surface area contributed by atoms with Crippen molar-refractivity contribution >= 4 is 17.2 Å². The van der Waals surface area contributed by atoms with Gasteiger partial charge in [-0.25, -0.2) is 4.98 Å². The van der Waals surface area contributed by atoms with Crippen molar-refractivity contribution in [3.05, 3.63) is 63.7 Å². The number of aromatic amines is 1. The van der Waals surface area contributed by atoms with Crippen LogP contribution in [0, 0.1) is 0 Å². The summed E-state index contributed by atoms with van der Waals surface area (Å²) in [6.45, 7) is 0.0224. The fourth-order valence-corrected chi connectivity index (χ4v) is 3.42. The standard InChI is InChI=1S/C18H20N4O3S/c19-7-16(18-20-13(9-24)10-26-18)22-17(25)15-5-4-14(21-15)12-3-1-2-11(6-12)8-23/h1-6,10,16,21,23-24H,7-9,19H2,(H,22,25)/t16-/m1/s1. The minimum absolute atomic E-state index is 0.0380. The maximum atomic E-state index is 12.5. The number of nitrogens with zero attached hydrogens (tertiary/aromatic N) is 1. The van der Waals surface area contributed by atoms with E-state index in [1.165, 1.54) is 11.3 Å². The predicted octanol–water partition coefficient (Wildman–Crippen LogP) is 1.55. The molecule has 0 aliphatic heterocycles. The molecule has 0 radical (unpaired) electrons. The van der Waals surface area contributed by atoms with Crippen LogP contribution in [0.1, 0.15) is 32.8 Å². The summed E-state index contributed by atoms with van der Waals surface area (Å²) in [7, 11) is 0. The van der Waals surface area contributed by atoms with Crippen molar-refractivity contribution in [1.29, 1.82) is 0 Å². The van der Waals surface area contributed by atoms with Crippen LogP contribution >= 0.6 is 11.3 Å². The molecule has 7 nitrogen and oxygen atoms in total. The molecule has 0 spiro atoms. The summed E-state index contributed by atoms with van der Waals surface area (Å²) < 4.78 is 0. The number of amides is 1. The SMILES string of the molecule is NC[C@@H](NC(=O)c1ccc(-c2cccc(CO)c2)[nH]1)c1nc(CO)cs1. The van der Waals surface area contributed by atoms with Crippen LogP contribution in [-0.4, -0.2) is 32.6 Å². The lowest BCUT2D eigenvalue weighted by molar-refractivity contribution is 0.0933. The summed E-state index contributed by atoms with van der Waals surface area (Å²) in [5.41, 5.74) is 9.21. The molecule has 136 valence electrons. The Morgan fingerprint density at radius 3 is 2.81 bits per heavy atom. The number of aliphatic hydroxyl groups is 2. The zero-order valence-electron chi connectivity index (χ0n) is 14.0. The Kier molecular flexibility index (Phi) is 5.79. The molecule has 0 bridgehead atoms. The predicted molar refractivity (Wildman–Crippen MR) is 99.4 cm³/mol. The van der Waals surface area contributed by atoms with E-state index < -0.39 is 6.04 Å². The van der Waals surface area contributed by atoms with Gasteiger partial charge in [0.25, 0.3) is 5.91 Å². The summed E-state index contributed by atoms with van der Waals surface area (Å²) >= 11 is 1.35. The van der Waals surface area contributed by atoms with Gasteiger partial charge in [-0.05, 0) is 29.3 Å². The molecule has 2 heterocycles. The average molecular weight is 372 g/mol. The molecule has 3 rings (SSSR count). The van der Waals surface area contributed by atoms with Crippen molar-refractivity contribution in [2.24, 2.45) is 5.73 Å². The lowest BCUT2D eigenvalue weighted by Gasteiger charge is -2.13. The van der Waals surface area contributed by atoms with Crippen molar-refractivity contribution in [2.75, 3.05) is 6.54 Å². The van der Waals surface area contributed by atoms with Crippen molar-refractivity contribution in [1.82, 2.24) is 15.3 Å². The summed E-state index contributed by atoms with van der Waals surface area (Å²) in [6.07, 6.45) is 0. The van der Waals surface area contributed by atoms with Crippen molar-refractivity contribution in [3.63, 3.8) is 0 Å². The van der Waals surface area contributed by atoms with E-state index in [2.05, 4.69) is 15.3 Å². The number of hydrogen-bond acceptors (Lipinski definition) is 6. The van der Waals surface area contributed by atoms with Crippen LogP contribution in [0.4, 0.5) is 0 Å². The van der Waals surface area contributed by atoms with Gasteiger partial charge in [0.2, 0.25) is 0 Å². The molecular formula is C18H20N4O3S. The number of rotatable bonds is 7. The van der Waals surface area contributed by atoms with Gasteiger partial charge in [-0.1, -0.05) is 18.2 Å². The molecule has 8 heteroatoms. The second-order valence-electron chi connectivity index (χ2n) is 5.74. The summed E-state index contributed by atoms with van der Waals surface area (Å²) in [6, 6.07) is 10.6. The first-order valence-corrected chi connectivity index (χ1v) is 8.97. The molecule has 1 amide bonds. The highest BCUT2D eigenvalue weighted by Crippen LogP contribution is 2.21. The highest BCUT2D eigenvalue weighted by molar-refractivity contribution is 7.09. The van der Waals surface area contributed by atoms with Crippen molar-refractivity contribution in [2.45, 2.75) is 19.3 Å². The minimum Gasteiger partial charge on any atom is -0.392 e. The van der Waals surface area contributed by atoms with E-state index in [4.69, 9.17) is 10.8 Å². The fraction of sp³-hybridized carbons (Fsp3) is 0.222. The minimum atomic E-state index is -0.419. The zero-order valence-corrected chi connectivity index (χ0v) is 14.8. The number of nitrogens with one attached hydrogen (secondary N) is 2. The highest BCUT2D eigenvalue weighted by atomic mass is 32.1. The van der Waals surface area contributed by atoms with Gasteiger partial charge < -0.3 is 26.2 Å². The molecule has 0 unspecified atom stereocenters. The number of aromatic nitrogens is 2. The van der Waals surface area contributed by atoms with Crippen LogP contribution in [0.3, 0.4) is 0 Å². The van der Waals surface area contributed by atoms with Crippen LogP contribution in [0.15, 0.2) is 41.8 Å². The molecular weight excluding hydrogens is 352 g/mol. The van der Waals surface area contributed by atoms with E-state index >= 15 is 0 Å². The second-order valence-corrected chi connectivity index (χ2v) is 6.63. The quantitative estimate of drug-likeness (QED) is 0.430. The second kappa shape index (κ2) is 8.24. The van der Waals surface area contributed by atoms with Gasteiger partial charge in [0.05, 0.1) is 24.9 Å². The fourth-order valence-electron chi connectivity index (χ4n) is 2.55. The highest BCUT2D eigenvalue weighted by Gasteiger charge is 2.18. The van der Waals surface area contributed by atoms with E-state index in [0.29, 0.717) is 16.4 Å². The maximum absolute atomic E-state index is 12.5. The molecule has 3 aromatic rings. The summed E-state index contributed by atoms with van der Waals surface area (Å²) in [5.74, 6) is -0.286. The first-order chi connectivity index (χ1) is 12.6. The molecule has 0 aliphatic carbocycles. The molecule has 6 N–H and O–H groups in total. The Hall–Kier alpha value is -2.52. The van der Waals surface area contributed by atoms with Crippen LogP contribution in [0.25, 0.3) is 11.3 Å². The first kappa shape index (κ1) is 18.3. The molecule has 0 fully saturated rings. The molecule has 1 aromatic carbocycles. The number of H-pyrrole nitrogens is 1. The van der Waals surface area contributed by atoms with Gasteiger partial charge in [0, 0.05) is 17.6 Å². The van der Waals surface area contributed by atoms with Crippen LogP contribution < -0.4 is 11.1 Å². The molecule has 0 saturated heterocycles. The van der Waals surface area contributed by atoms with Gasteiger partial charge in [0.15, 0.2) is 0 Å². The number of benzene rings is 1.